The molecule has 1 aromatic heterocycles. The van der Waals surface area contributed by atoms with E-state index in [1.54, 1.807) is 18.9 Å². The molecule has 1 atom stereocenters. The van der Waals surface area contributed by atoms with Crippen molar-refractivity contribution in [3.8, 4) is 5.75 Å². The molecule has 1 heterocycles. The maximum absolute atomic E-state index is 5.90. The van der Waals surface area contributed by atoms with Crippen molar-refractivity contribution in [2.45, 2.75) is 31.0 Å². The first-order valence-electron chi connectivity index (χ1n) is 4.77. The summed E-state index contributed by atoms with van der Waals surface area (Å²) in [7, 11) is 1.58. The average Bonchev–Trinajstić information content (AvgIpc) is 2.18. The fraction of sp³-hybridized carbons (Fsp3) is 0.600. The molecular weight excluding hydrogens is 232 g/mol. The maximum Gasteiger partial charge on any atom is 0.188 e. The zero-order valence-electron chi connectivity index (χ0n) is 9.32. The van der Waals surface area contributed by atoms with Gasteiger partial charge >= 0.3 is 0 Å². The lowest BCUT2D eigenvalue weighted by Gasteiger charge is -2.15. The van der Waals surface area contributed by atoms with E-state index in [9.17, 15) is 0 Å². The molecule has 0 N–H and O–H groups in total. The molecule has 0 saturated carbocycles. The Hall–Kier alpha value is -0.480. The predicted octanol–water partition coefficient (Wildman–Crippen LogP) is 3.28. The molecule has 0 amide bonds. The van der Waals surface area contributed by atoms with Gasteiger partial charge in [0.05, 0.1) is 7.11 Å². The van der Waals surface area contributed by atoms with Gasteiger partial charge in [-0.05, 0) is 5.92 Å². The molecule has 0 bridgehead atoms. The number of hydrogen-bond acceptors (Lipinski definition) is 4. The van der Waals surface area contributed by atoms with E-state index in [2.05, 4.69) is 30.7 Å². The maximum atomic E-state index is 5.90. The van der Waals surface area contributed by atoms with Crippen molar-refractivity contribution < 1.29 is 4.74 Å². The van der Waals surface area contributed by atoms with E-state index in [0.717, 1.165) is 5.03 Å². The fourth-order valence-corrected chi connectivity index (χ4v) is 2.19. The summed E-state index contributed by atoms with van der Waals surface area (Å²) < 4.78 is 5.18. The number of thioether (sulfide) groups is 1. The first-order valence-corrected chi connectivity index (χ1v) is 6.03. The number of rotatable bonds is 4. The first kappa shape index (κ1) is 12.6. The van der Waals surface area contributed by atoms with Gasteiger partial charge in [0.1, 0.15) is 11.4 Å². The van der Waals surface area contributed by atoms with Gasteiger partial charge in [-0.2, -0.15) is 0 Å². The van der Waals surface area contributed by atoms with Crippen molar-refractivity contribution in [2.75, 3.05) is 7.11 Å². The van der Waals surface area contributed by atoms with Crippen molar-refractivity contribution in [3.05, 3.63) is 11.5 Å². The Bertz CT molecular complexity index is 333. The minimum atomic E-state index is 0.367. The number of methoxy groups -OCH3 is 1. The highest BCUT2D eigenvalue weighted by Crippen LogP contribution is 2.35. The van der Waals surface area contributed by atoms with Crippen LogP contribution in [-0.2, 0) is 0 Å². The number of hydrogen-bond donors (Lipinski definition) is 0. The molecule has 0 radical (unpaired) electrons. The van der Waals surface area contributed by atoms with Gasteiger partial charge in [0.2, 0.25) is 0 Å². The Labute approximate surface area is 99.6 Å². The van der Waals surface area contributed by atoms with Crippen LogP contribution in [0.25, 0.3) is 0 Å². The topological polar surface area (TPSA) is 35.0 Å². The van der Waals surface area contributed by atoms with Crippen LogP contribution in [0.4, 0.5) is 0 Å². The van der Waals surface area contributed by atoms with Gasteiger partial charge in [0.25, 0.3) is 0 Å². The largest absolute Gasteiger partial charge is 0.491 e. The summed E-state index contributed by atoms with van der Waals surface area (Å²) >= 11 is 7.56. The van der Waals surface area contributed by atoms with Crippen LogP contribution < -0.4 is 4.74 Å². The summed E-state index contributed by atoms with van der Waals surface area (Å²) in [6.07, 6.45) is 1.46. The van der Waals surface area contributed by atoms with Crippen molar-refractivity contribution in [1.82, 2.24) is 9.97 Å². The van der Waals surface area contributed by atoms with Crippen LogP contribution in [0.1, 0.15) is 20.8 Å². The van der Waals surface area contributed by atoms with E-state index < -0.39 is 0 Å². The van der Waals surface area contributed by atoms with Gasteiger partial charge in [-0.15, -0.1) is 0 Å². The molecular formula is C10H15ClN2OS. The molecule has 0 aromatic carbocycles. The molecule has 5 heteroatoms. The molecule has 0 aliphatic heterocycles. The van der Waals surface area contributed by atoms with Crippen LogP contribution in [0.15, 0.2) is 11.4 Å². The molecule has 3 nitrogen and oxygen atoms in total. The van der Waals surface area contributed by atoms with E-state index in [1.165, 1.54) is 6.33 Å². The second-order valence-corrected chi connectivity index (χ2v) is 5.29. The van der Waals surface area contributed by atoms with Crippen LogP contribution in [-0.4, -0.2) is 22.3 Å². The third-order valence-electron chi connectivity index (χ3n) is 2.17. The monoisotopic (exact) mass is 246 g/mol. The van der Waals surface area contributed by atoms with E-state index in [0.29, 0.717) is 22.1 Å². The van der Waals surface area contributed by atoms with Crippen molar-refractivity contribution >= 4 is 23.4 Å². The highest BCUT2D eigenvalue weighted by molar-refractivity contribution is 7.99. The molecule has 0 aliphatic carbocycles. The molecule has 0 aliphatic rings. The molecule has 84 valence electrons. The molecule has 1 rings (SSSR count). The molecule has 0 spiro atoms. The van der Waals surface area contributed by atoms with E-state index in [-0.39, 0.29) is 0 Å². The second kappa shape index (κ2) is 5.56. The second-order valence-electron chi connectivity index (χ2n) is 3.57. The third-order valence-corrected chi connectivity index (χ3v) is 3.87. The standard InChI is InChI=1S/C10H15ClN2OS/c1-6(2)7(3)15-10-8(14-4)9(11)12-5-13-10/h5-7H,1-4H3. The Morgan fingerprint density at radius 1 is 1.33 bits per heavy atom. The predicted molar refractivity (Wildman–Crippen MR) is 63.8 cm³/mol. The van der Waals surface area contributed by atoms with Gasteiger partial charge < -0.3 is 4.74 Å². The van der Waals surface area contributed by atoms with E-state index in [1.807, 2.05) is 0 Å². The van der Waals surface area contributed by atoms with Crippen LogP contribution in [0.3, 0.4) is 0 Å². The lowest BCUT2D eigenvalue weighted by molar-refractivity contribution is 0.398. The molecule has 1 unspecified atom stereocenters. The third kappa shape index (κ3) is 3.24. The SMILES string of the molecule is COc1c(Cl)ncnc1SC(C)C(C)C. The molecule has 15 heavy (non-hydrogen) atoms. The number of ether oxygens (including phenoxy) is 1. The summed E-state index contributed by atoms with van der Waals surface area (Å²) in [5.41, 5.74) is 0. The van der Waals surface area contributed by atoms with Gasteiger partial charge in [-0.25, -0.2) is 9.97 Å². The number of aromatic nitrogens is 2. The summed E-state index contributed by atoms with van der Waals surface area (Å²) in [5, 5.41) is 1.63. The first-order chi connectivity index (χ1) is 7.06. The summed E-state index contributed by atoms with van der Waals surface area (Å²) in [6.45, 7) is 6.50. The summed E-state index contributed by atoms with van der Waals surface area (Å²) in [5.74, 6) is 1.14. The smallest absolute Gasteiger partial charge is 0.188 e. The quantitative estimate of drug-likeness (QED) is 0.603. The van der Waals surface area contributed by atoms with Crippen LogP contribution in [0, 0.1) is 5.92 Å². The van der Waals surface area contributed by atoms with Gasteiger partial charge in [-0.1, -0.05) is 44.1 Å². The molecule has 0 fully saturated rings. The zero-order chi connectivity index (χ0) is 11.4. The summed E-state index contributed by atoms with van der Waals surface area (Å²) in [4.78, 5) is 8.05. The fourth-order valence-electron chi connectivity index (χ4n) is 0.905. The van der Waals surface area contributed by atoms with Gasteiger partial charge in [-0.3, -0.25) is 0 Å². The van der Waals surface area contributed by atoms with Crippen LogP contribution >= 0.6 is 23.4 Å². The van der Waals surface area contributed by atoms with Crippen LogP contribution in [0.5, 0.6) is 5.75 Å². The number of nitrogens with zero attached hydrogens (tertiary/aromatic N) is 2. The van der Waals surface area contributed by atoms with Crippen molar-refractivity contribution in [2.24, 2.45) is 5.92 Å². The minimum Gasteiger partial charge on any atom is -0.491 e. The normalized spacial score (nSPS) is 12.9. The lowest BCUT2D eigenvalue weighted by atomic mass is 10.2. The van der Waals surface area contributed by atoms with Gasteiger partial charge in [0.15, 0.2) is 10.9 Å². The molecule has 1 aromatic rings. The average molecular weight is 247 g/mol. The van der Waals surface area contributed by atoms with Crippen molar-refractivity contribution in [3.63, 3.8) is 0 Å². The van der Waals surface area contributed by atoms with Crippen molar-refractivity contribution in [1.29, 1.82) is 0 Å². The zero-order valence-corrected chi connectivity index (χ0v) is 10.9. The van der Waals surface area contributed by atoms with E-state index >= 15 is 0 Å². The Morgan fingerprint density at radius 3 is 2.53 bits per heavy atom. The lowest BCUT2D eigenvalue weighted by Crippen LogP contribution is -2.06. The van der Waals surface area contributed by atoms with E-state index in [4.69, 9.17) is 16.3 Å². The Balaban J connectivity index is 2.89. The Morgan fingerprint density at radius 2 is 2.00 bits per heavy atom. The number of halogens is 1. The minimum absolute atomic E-state index is 0.367. The van der Waals surface area contributed by atoms with Gasteiger partial charge in [0, 0.05) is 5.25 Å². The highest BCUT2D eigenvalue weighted by atomic mass is 35.5. The Kier molecular flexibility index (Phi) is 4.67. The molecule has 0 saturated heterocycles. The highest BCUT2D eigenvalue weighted by Gasteiger charge is 2.16. The summed E-state index contributed by atoms with van der Waals surface area (Å²) in [6, 6.07) is 0. The van der Waals surface area contributed by atoms with Crippen LogP contribution in [0.2, 0.25) is 5.15 Å².